The molecule has 0 saturated heterocycles. The molecule has 1 unspecified atom stereocenters. The van der Waals surface area contributed by atoms with Crippen molar-refractivity contribution in [3.63, 3.8) is 0 Å². The Morgan fingerprint density at radius 1 is 1.35 bits per heavy atom. The summed E-state index contributed by atoms with van der Waals surface area (Å²) in [6.45, 7) is 4.79. The van der Waals surface area contributed by atoms with Crippen molar-refractivity contribution >= 4 is 15.9 Å². The fourth-order valence-corrected chi connectivity index (χ4v) is 2.08. The van der Waals surface area contributed by atoms with Gasteiger partial charge in [0.1, 0.15) is 5.82 Å². The molecule has 0 fully saturated rings. The average molecular weight is 338 g/mol. The number of halogens is 1. The molecule has 0 amide bonds. The number of aromatic nitrogens is 2. The summed E-state index contributed by atoms with van der Waals surface area (Å²) in [5.74, 6) is 0.871. The summed E-state index contributed by atoms with van der Waals surface area (Å²) in [4.78, 5) is 7.67. The Balaban J connectivity index is 2.04. The minimum absolute atomic E-state index is 0.115. The highest BCUT2D eigenvalue weighted by Crippen LogP contribution is 2.20. The maximum atomic E-state index is 9.37. The molecule has 0 aliphatic carbocycles. The average Bonchev–Trinajstić information content (AvgIpc) is 2.94. The molecular formula is C15H20BrN3O. The van der Waals surface area contributed by atoms with Crippen LogP contribution in [0, 0.1) is 0 Å². The van der Waals surface area contributed by atoms with Gasteiger partial charge >= 0.3 is 0 Å². The lowest BCUT2D eigenvalue weighted by atomic mass is 10.0. The lowest BCUT2D eigenvalue weighted by Crippen LogP contribution is -2.44. The molecule has 1 aromatic heterocycles. The van der Waals surface area contributed by atoms with E-state index in [1.165, 1.54) is 0 Å². The molecule has 1 aromatic carbocycles. The molecular weight excluding hydrogens is 318 g/mol. The van der Waals surface area contributed by atoms with Crippen LogP contribution < -0.4 is 5.32 Å². The highest BCUT2D eigenvalue weighted by molar-refractivity contribution is 9.10. The quantitative estimate of drug-likeness (QED) is 0.759. The van der Waals surface area contributed by atoms with Gasteiger partial charge in [-0.05, 0) is 31.0 Å². The number of hydrogen-bond acceptors (Lipinski definition) is 3. The standard InChI is InChI=1S/C15H20BrN3O/c1-3-15(2,10-20)18-9-14-17-8-13(19-14)11-4-6-12(16)7-5-11/h4-8,18,20H,3,9-10H2,1-2H3,(H,17,19). The van der Waals surface area contributed by atoms with Crippen LogP contribution in [0.3, 0.4) is 0 Å². The van der Waals surface area contributed by atoms with Crippen molar-refractivity contribution in [1.29, 1.82) is 0 Å². The third-order valence-corrected chi connectivity index (χ3v) is 4.12. The molecule has 0 saturated carbocycles. The van der Waals surface area contributed by atoms with Crippen LogP contribution in [0.5, 0.6) is 0 Å². The minimum Gasteiger partial charge on any atom is -0.394 e. The lowest BCUT2D eigenvalue weighted by Gasteiger charge is -2.26. The largest absolute Gasteiger partial charge is 0.394 e. The van der Waals surface area contributed by atoms with E-state index in [1.54, 1.807) is 0 Å². The molecule has 2 rings (SSSR count). The third kappa shape index (κ3) is 3.69. The van der Waals surface area contributed by atoms with Crippen LogP contribution in [-0.4, -0.2) is 27.2 Å². The first-order valence-electron chi connectivity index (χ1n) is 6.72. The SMILES string of the molecule is CCC(C)(CO)NCc1ncc(-c2ccc(Br)cc2)[nH]1. The van der Waals surface area contributed by atoms with Crippen molar-refractivity contribution in [2.75, 3.05) is 6.61 Å². The zero-order chi connectivity index (χ0) is 14.6. The van der Waals surface area contributed by atoms with Gasteiger partial charge in [-0.3, -0.25) is 0 Å². The third-order valence-electron chi connectivity index (χ3n) is 3.60. The van der Waals surface area contributed by atoms with Gasteiger partial charge in [-0.1, -0.05) is 35.0 Å². The van der Waals surface area contributed by atoms with Crippen molar-refractivity contribution in [2.45, 2.75) is 32.4 Å². The van der Waals surface area contributed by atoms with Crippen molar-refractivity contribution < 1.29 is 5.11 Å². The van der Waals surface area contributed by atoms with Crippen molar-refractivity contribution in [3.05, 3.63) is 40.8 Å². The number of H-pyrrole nitrogens is 1. The molecule has 0 bridgehead atoms. The molecule has 5 heteroatoms. The molecule has 1 atom stereocenters. The van der Waals surface area contributed by atoms with Gasteiger partial charge in [0.25, 0.3) is 0 Å². The Hall–Kier alpha value is -1.17. The molecule has 0 aliphatic rings. The normalized spacial score (nSPS) is 14.2. The number of rotatable bonds is 6. The fourth-order valence-electron chi connectivity index (χ4n) is 1.82. The summed E-state index contributed by atoms with van der Waals surface area (Å²) in [5.41, 5.74) is 1.84. The number of nitrogens with one attached hydrogen (secondary N) is 2. The summed E-state index contributed by atoms with van der Waals surface area (Å²) in [6, 6.07) is 8.10. The van der Waals surface area contributed by atoms with E-state index in [0.29, 0.717) is 6.54 Å². The van der Waals surface area contributed by atoms with Crippen LogP contribution in [0.1, 0.15) is 26.1 Å². The predicted octanol–water partition coefficient (Wildman–Crippen LogP) is 3.09. The molecule has 0 radical (unpaired) electrons. The second-order valence-electron chi connectivity index (χ2n) is 5.18. The molecule has 0 spiro atoms. The Labute approximate surface area is 127 Å². The number of nitrogens with zero attached hydrogens (tertiary/aromatic N) is 1. The van der Waals surface area contributed by atoms with E-state index in [1.807, 2.05) is 37.4 Å². The Bertz CT molecular complexity index is 547. The number of imidazole rings is 1. The first-order valence-corrected chi connectivity index (χ1v) is 7.51. The summed E-state index contributed by atoms with van der Waals surface area (Å²) in [6.07, 6.45) is 2.70. The van der Waals surface area contributed by atoms with E-state index in [0.717, 1.165) is 28.0 Å². The van der Waals surface area contributed by atoms with Crippen molar-refractivity contribution in [2.24, 2.45) is 0 Å². The lowest BCUT2D eigenvalue weighted by molar-refractivity contribution is 0.168. The second-order valence-corrected chi connectivity index (χ2v) is 6.09. The Morgan fingerprint density at radius 3 is 2.65 bits per heavy atom. The van der Waals surface area contributed by atoms with Gasteiger partial charge in [0.15, 0.2) is 0 Å². The molecule has 1 heterocycles. The summed E-state index contributed by atoms with van der Waals surface area (Å²) in [5, 5.41) is 12.7. The number of aliphatic hydroxyl groups is 1. The maximum absolute atomic E-state index is 9.37. The molecule has 108 valence electrons. The Kier molecular flexibility index (Phi) is 4.96. The van der Waals surface area contributed by atoms with Gasteiger partial charge in [-0.2, -0.15) is 0 Å². The van der Waals surface area contributed by atoms with Gasteiger partial charge in [-0.25, -0.2) is 4.98 Å². The van der Waals surface area contributed by atoms with Gasteiger partial charge < -0.3 is 15.4 Å². The number of benzene rings is 1. The van der Waals surface area contributed by atoms with E-state index in [4.69, 9.17) is 0 Å². The number of hydrogen-bond donors (Lipinski definition) is 3. The van der Waals surface area contributed by atoms with Crippen molar-refractivity contribution in [1.82, 2.24) is 15.3 Å². The number of aromatic amines is 1. The summed E-state index contributed by atoms with van der Waals surface area (Å²) < 4.78 is 1.06. The van der Waals surface area contributed by atoms with E-state index in [9.17, 15) is 5.11 Å². The Morgan fingerprint density at radius 2 is 2.05 bits per heavy atom. The van der Waals surface area contributed by atoms with Gasteiger partial charge in [-0.15, -0.1) is 0 Å². The predicted molar refractivity (Wildman–Crippen MR) is 84.3 cm³/mol. The van der Waals surface area contributed by atoms with Gasteiger partial charge in [0.2, 0.25) is 0 Å². The molecule has 0 aliphatic heterocycles. The monoisotopic (exact) mass is 337 g/mol. The highest BCUT2D eigenvalue weighted by atomic mass is 79.9. The van der Waals surface area contributed by atoms with Crippen LogP contribution in [-0.2, 0) is 6.54 Å². The first-order chi connectivity index (χ1) is 9.56. The molecule has 4 nitrogen and oxygen atoms in total. The smallest absolute Gasteiger partial charge is 0.120 e. The maximum Gasteiger partial charge on any atom is 0.120 e. The van der Waals surface area contributed by atoms with Crippen LogP contribution >= 0.6 is 15.9 Å². The van der Waals surface area contributed by atoms with Crippen LogP contribution in [0.15, 0.2) is 34.9 Å². The van der Waals surface area contributed by atoms with Crippen LogP contribution in [0.25, 0.3) is 11.3 Å². The van der Waals surface area contributed by atoms with E-state index in [2.05, 4.69) is 38.1 Å². The van der Waals surface area contributed by atoms with Crippen LogP contribution in [0.2, 0.25) is 0 Å². The first kappa shape index (κ1) is 15.2. The molecule has 3 N–H and O–H groups in total. The van der Waals surface area contributed by atoms with Gasteiger partial charge in [0, 0.05) is 10.0 Å². The van der Waals surface area contributed by atoms with E-state index < -0.39 is 0 Å². The topological polar surface area (TPSA) is 60.9 Å². The highest BCUT2D eigenvalue weighted by Gasteiger charge is 2.20. The van der Waals surface area contributed by atoms with E-state index >= 15 is 0 Å². The zero-order valence-corrected chi connectivity index (χ0v) is 13.4. The number of aliphatic hydroxyl groups excluding tert-OH is 1. The fraction of sp³-hybridized carbons (Fsp3) is 0.400. The summed E-state index contributed by atoms with van der Waals surface area (Å²) >= 11 is 3.43. The zero-order valence-electron chi connectivity index (χ0n) is 11.8. The van der Waals surface area contributed by atoms with Crippen molar-refractivity contribution in [3.8, 4) is 11.3 Å². The van der Waals surface area contributed by atoms with Gasteiger partial charge in [0.05, 0.1) is 25.0 Å². The second kappa shape index (κ2) is 6.52. The minimum atomic E-state index is -0.259. The molecule has 2 aromatic rings. The van der Waals surface area contributed by atoms with E-state index in [-0.39, 0.29) is 12.1 Å². The van der Waals surface area contributed by atoms with Crippen LogP contribution in [0.4, 0.5) is 0 Å². The molecule has 20 heavy (non-hydrogen) atoms. The summed E-state index contributed by atoms with van der Waals surface area (Å²) in [7, 11) is 0.